The van der Waals surface area contributed by atoms with E-state index in [9.17, 15) is 9.50 Å². The molecule has 0 aliphatic carbocycles. The Morgan fingerprint density at radius 2 is 1.85 bits per heavy atom. The molecular formula is C10H12FNO. The molecule has 0 spiro atoms. The van der Waals surface area contributed by atoms with Gasteiger partial charge in [-0.3, -0.25) is 4.90 Å². The summed E-state index contributed by atoms with van der Waals surface area (Å²) in [5.74, 6) is -0.264. The van der Waals surface area contributed by atoms with E-state index in [1.165, 1.54) is 12.1 Å². The van der Waals surface area contributed by atoms with Gasteiger partial charge in [0.15, 0.2) is 0 Å². The molecule has 1 heterocycles. The molecule has 13 heavy (non-hydrogen) atoms. The minimum atomic E-state index is -0.761. The van der Waals surface area contributed by atoms with Crippen molar-refractivity contribution in [3.63, 3.8) is 0 Å². The van der Waals surface area contributed by atoms with Crippen molar-refractivity contribution in [1.29, 1.82) is 0 Å². The number of hydrogen-bond acceptors (Lipinski definition) is 2. The average Bonchev–Trinajstić information content (AvgIpc) is 2.03. The van der Waals surface area contributed by atoms with E-state index in [0.717, 1.165) is 5.56 Å². The summed E-state index contributed by atoms with van der Waals surface area (Å²) in [6.07, 6.45) is 0. The first-order valence-corrected chi connectivity index (χ1v) is 4.27. The zero-order valence-corrected chi connectivity index (χ0v) is 7.50. The van der Waals surface area contributed by atoms with E-state index in [1.807, 2.05) is 11.9 Å². The average molecular weight is 181 g/mol. The van der Waals surface area contributed by atoms with Crippen LogP contribution >= 0.6 is 0 Å². The number of nitrogens with zero attached hydrogens (tertiary/aromatic N) is 1. The minimum Gasteiger partial charge on any atom is -0.382 e. The van der Waals surface area contributed by atoms with Crippen LogP contribution in [0.4, 0.5) is 4.39 Å². The zero-order chi connectivity index (χ0) is 9.47. The summed E-state index contributed by atoms with van der Waals surface area (Å²) in [5.41, 5.74) is 0.0367. The predicted molar refractivity (Wildman–Crippen MR) is 47.8 cm³/mol. The van der Waals surface area contributed by atoms with Crippen LogP contribution < -0.4 is 0 Å². The smallest absolute Gasteiger partial charge is 0.123 e. The summed E-state index contributed by atoms with van der Waals surface area (Å²) in [4.78, 5) is 2.02. The second kappa shape index (κ2) is 2.79. The molecule has 2 rings (SSSR count). The lowest BCUT2D eigenvalue weighted by Gasteiger charge is -2.44. The third-order valence-electron chi connectivity index (χ3n) is 2.44. The highest BCUT2D eigenvalue weighted by Gasteiger charge is 2.40. The monoisotopic (exact) mass is 181 g/mol. The number of likely N-dealkylation sites (tertiary alicyclic amines) is 1. The predicted octanol–water partition coefficient (Wildman–Crippen LogP) is 0.959. The molecule has 0 bridgehead atoms. The number of halogens is 1. The summed E-state index contributed by atoms with van der Waals surface area (Å²) >= 11 is 0. The van der Waals surface area contributed by atoms with E-state index in [1.54, 1.807) is 12.1 Å². The molecule has 1 aliphatic heterocycles. The van der Waals surface area contributed by atoms with Crippen molar-refractivity contribution < 1.29 is 9.50 Å². The topological polar surface area (TPSA) is 23.5 Å². The number of rotatable bonds is 1. The molecule has 1 aromatic rings. The van der Waals surface area contributed by atoms with Crippen LogP contribution in [0.1, 0.15) is 5.56 Å². The number of hydrogen-bond donors (Lipinski definition) is 1. The Bertz CT molecular complexity index is 303. The molecule has 0 unspecified atom stereocenters. The maximum atomic E-state index is 12.6. The van der Waals surface area contributed by atoms with Crippen molar-refractivity contribution >= 4 is 0 Å². The normalized spacial score (nSPS) is 21.2. The van der Waals surface area contributed by atoms with Gasteiger partial charge in [-0.15, -0.1) is 0 Å². The van der Waals surface area contributed by atoms with Gasteiger partial charge in [-0.1, -0.05) is 12.1 Å². The largest absolute Gasteiger partial charge is 0.382 e. The van der Waals surface area contributed by atoms with Crippen molar-refractivity contribution in [3.8, 4) is 0 Å². The maximum absolute atomic E-state index is 12.6. The zero-order valence-electron chi connectivity index (χ0n) is 7.50. The molecule has 0 saturated carbocycles. The Balaban J connectivity index is 2.22. The molecule has 1 saturated heterocycles. The summed E-state index contributed by atoms with van der Waals surface area (Å²) in [6.45, 7) is 1.25. The third kappa shape index (κ3) is 1.45. The summed E-state index contributed by atoms with van der Waals surface area (Å²) < 4.78 is 12.6. The van der Waals surface area contributed by atoms with Crippen molar-refractivity contribution in [3.05, 3.63) is 35.6 Å². The molecule has 2 nitrogen and oxygen atoms in total. The second-order valence-electron chi connectivity index (χ2n) is 3.71. The molecule has 1 aromatic carbocycles. The molecule has 3 heteroatoms. The Morgan fingerprint density at radius 1 is 1.31 bits per heavy atom. The van der Waals surface area contributed by atoms with Gasteiger partial charge in [-0.25, -0.2) is 4.39 Å². The van der Waals surface area contributed by atoms with Crippen LogP contribution in [0, 0.1) is 5.82 Å². The van der Waals surface area contributed by atoms with Crippen LogP contribution in [-0.2, 0) is 5.60 Å². The molecule has 1 N–H and O–H groups in total. The summed E-state index contributed by atoms with van der Waals surface area (Å²) in [5, 5.41) is 9.98. The highest BCUT2D eigenvalue weighted by Crippen LogP contribution is 2.30. The van der Waals surface area contributed by atoms with Crippen LogP contribution in [-0.4, -0.2) is 30.1 Å². The van der Waals surface area contributed by atoms with Crippen molar-refractivity contribution in [2.24, 2.45) is 0 Å². The Labute approximate surface area is 76.6 Å². The number of β-amino-alcohol motifs (C(OH)–C–C–N with tert-alkyl or cyclic N) is 1. The lowest BCUT2D eigenvalue weighted by Crippen LogP contribution is -2.57. The fraction of sp³-hybridized carbons (Fsp3) is 0.400. The van der Waals surface area contributed by atoms with Gasteiger partial charge in [-0.2, -0.15) is 0 Å². The minimum absolute atomic E-state index is 0.264. The Kier molecular flexibility index (Phi) is 1.86. The molecule has 1 fully saturated rings. The Hall–Kier alpha value is -0.930. The third-order valence-corrected chi connectivity index (χ3v) is 2.44. The highest BCUT2D eigenvalue weighted by molar-refractivity contribution is 5.26. The van der Waals surface area contributed by atoms with E-state index in [-0.39, 0.29) is 5.82 Å². The van der Waals surface area contributed by atoms with E-state index in [0.29, 0.717) is 13.1 Å². The van der Waals surface area contributed by atoms with Gasteiger partial charge in [0.1, 0.15) is 11.4 Å². The van der Waals surface area contributed by atoms with Crippen molar-refractivity contribution in [1.82, 2.24) is 4.90 Å². The first kappa shape index (κ1) is 8.66. The summed E-state index contributed by atoms with van der Waals surface area (Å²) in [6, 6.07) is 6.04. The van der Waals surface area contributed by atoms with Crippen molar-refractivity contribution in [2.45, 2.75) is 5.60 Å². The number of aliphatic hydroxyl groups is 1. The SMILES string of the molecule is CN1CC(O)(c2ccc(F)cc2)C1. The van der Waals surface area contributed by atoms with Gasteiger partial charge in [0, 0.05) is 13.1 Å². The first-order valence-electron chi connectivity index (χ1n) is 4.27. The fourth-order valence-electron chi connectivity index (χ4n) is 1.79. The lowest BCUT2D eigenvalue weighted by atomic mass is 9.87. The van der Waals surface area contributed by atoms with Gasteiger partial charge in [0.25, 0.3) is 0 Å². The summed E-state index contributed by atoms with van der Waals surface area (Å²) in [7, 11) is 1.94. The maximum Gasteiger partial charge on any atom is 0.123 e. The molecular weight excluding hydrogens is 169 g/mol. The van der Waals surface area contributed by atoms with Crippen molar-refractivity contribution in [2.75, 3.05) is 20.1 Å². The molecule has 0 amide bonds. The fourth-order valence-corrected chi connectivity index (χ4v) is 1.79. The standard InChI is InChI=1S/C10H12FNO/c1-12-6-10(13,7-12)8-2-4-9(11)5-3-8/h2-5,13H,6-7H2,1H3. The van der Waals surface area contributed by atoms with Gasteiger partial charge in [0.05, 0.1) is 0 Å². The molecule has 0 aromatic heterocycles. The van der Waals surface area contributed by atoms with E-state index in [4.69, 9.17) is 0 Å². The van der Waals surface area contributed by atoms with Gasteiger partial charge in [0.2, 0.25) is 0 Å². The van der Waals surface area contributed by atoms with Crippen LogP contribution in [0.3, 0.4) is 0 Å². The van der Waals surface area contributed by atoms with Gasteiger partial charge in [-0.05, 0) is 24.7 Å². The number of benzene rings is 1. The van der Waals surface area contributed by atoms with E-state index < -0.39 is 5.60 Å². The van der Waals surface area contributed by atoms with E-state index >= 15 is 0 Å². The molecule has 70 valence electrons. The van der Waals surface area contributed by atoms with Crippen LogP contribution in [0.25, 0.3) is 0 Å². The Morgan fingerprint density at radius 3 is 2.31 bits per heavy atom. The first-order chi connectivity index (χ1) is 6.10. The number of likely N-dealkylation sites (N-methyl/N-ethyl adjacent to an activating group) is 1. The van der Waals surface area contributed by atoms with Crippen LogP contribution in [0.5, 0.6) is 0 Å². The van der Waals surface area contributed by atoms with Crippen LogP contribution in [0.2, 0.25) is 0 Å². The molecule has 0 radical (unpaired) electrons. The highest BCUT2D eigenvalue weighted by atomic mass is 19.1. The quantitative estimate of drug-likeness (QED) is 0.697. The van der Waals surface area contributed by atoms with E-state index in [2.05, 4.69) is 0 Å². The lowest BCUT2D eigenvalue weighted by molar-refractivity contribution is -0.0919. The second-order valence-corrected chi connectivity index (χ2v) is 3.71. The van der Waals surface area contributed by atoms with Gasteiger partial charge < -0.3 is 5.11 Å². The van der Waals surface area contributed by atoms with Crippen LogP contribution in [0.15, 0.2) is 24.3 Å². The molecule has 1 aliphatic rings. The molecule has 0 atom stereocenters. The van der Waals surface area contributed by atoms with Gasteiger partial charge >= 0.3 is 0 Å².